The van der Waals surface area contributed by atoms with Gasteiger partial charge in [0.25, 0.3) is 5.91 Å². The fourth-order valence-corrected chi connectivity index (χ4v) is 3.94. The quantitative estimate of drug-likeness (QED) is 0.825. The predicted molar refractivity (Wildman–Crippen MR) is 96.5 cm³/mol. The van der Waals surface area contributed by atoms with E-state index in [9.17, 15) is 9.59 Å². The average Bonchev–Trinajstić information content (AvgIpc) is 2.66. The Morgan fingerprint density at radius 1 is 1.36 bits per heavy atom. The van der Waals surface area contributed by atoms with E-state index >= 15 is 0 Å². The molecular formula is C18H27N5O2. The molecule has 2 unspecified atom stereocenters. The molecule has 0 bridgehead atoms. The second kappa shape index (κ2) is 7.82. The van der Waals surface area contributed by atoms with Crippen molar-refractivity contribution in [1.82, 2.24) is 20.1 Å². The maximum absolute atomic E-state index is 12.8. The number of likely N-dealkylation sites (tertiary alicyclic amines) is 2. The summed E-state index contributed by atoms with van der Waals surface area (Å²) in [5.74, 6) is 1.38. The summed E-state index contributed by atoms with van der Waals surface area (Å²) in [5, 5.41) is 6.09. The van der Waals surface area contributed by atoms with Crippen molar-refractivity contribution in [2.24, 2.45) is 5.92 Å². The van der Waals surface area contributed by atoms with Crippen LogP contribution in [0.25, 0.3) is 0 Å². The molecule has 0 spiro atoms. The van der Waals surface area contributed by atoms with Gasteiger partial charge in [-0.15, -0.1) is 0 Å². The molecule has 0 aliphatic carbocycles. The number of nitrogens with zero attached hydrogens (tertiary/aromatic N) is 3. The molecule has 1 aromatic rings. The van der Waals surface area contributed by atoms with E-state index < -0.39 is 0 Å². The first-order valence-corrected chi connectivity index (χ1v) is 9.01. The van der Waals surface area contributed by atoms with Crippen LogP contribution >= 0.6 is 0 Å². The van der Waals surface area contributed by atoms with Crippen molar-refractivity contribution >= 4 is 17.6 Å². The summed E-state index contributed by atoms with van der Waals surface area (Å²) in [6, 6.07) is 3.82. The third kappa shape index (κ3) is 3.76. The number of hydrogen-bond acceptors (Lipinski definition) is 5. The number of carbonyl (C=O) groups is 2. The van der Waals surface area contributed by atoms with Crippen molar-refractivity contribution in [3.63, 3.8) is 0 Å². The van der Waals surface area contributed by atoms with E-state index in [2.05, 4.69) is 15.6 Å². The molecule has 7 heteroatoms. The molecule has 0 aromatic carbocycles. The molecule has 7 nitrogen and oxygen atoms in total. The molecule has 136 valence electrons. The minimum absolute atomic E-state index is 0.0519. The van der Waals surface area contributed by atoms with Gasteiger partial charge < -0.3 is 20.4 Å². The highest BCUT2D eigenvalue weighted by molar-refractivity contribution is 5.95. The Morgan fingerprint density at radius 3 is 2.96 bits per heavy atom. The molecule has 1 aromatic heterocycles. The van der Waals surface area contributed by atoms with Crippen LogP contribution in [-0.2, 0) is 4.79 Å². The zero-order chi connectivity index (χ0) is 17.8. The standard InChI is InChI=1S/C18H27N5O2/c1-19-8-10-23-15-6-9-22(12-14(15)3-4-17(23)24)18(25)13-5-7-21-16(11-13)20-2/h5,7,11,14-15,19H,3-4,6,8-10,12H2,1-2H3,(H,20,21). The normalized spacial score (nSPS) is 23.4. The SMILES string of the molecule is CNCCN1C(=O)CCC2CN(C(=O)c3ccnc(NC)c3)CCC21. The number of anilines is 1. The van der Waals surface area contributed by atoms with Gasteiger partial charge in [0.15, 0.2) is 0 Å². The second-order valence-electron chi connectivity index (χ2n) is 6.78. The lowest BCUT2D eigenvalue weighted by molar-refractivity contribution is -0.140. The van der Waals surface area contributed by atoms with Crippen LogP contribution in [0.4, 0.5) is 5.82 Å². The van der Waals surface area contributed by atoms with E-state index in [0.717, 1.165) is 32.5 Å². The number of rotatable bonds is 5. The summed E-state index contributed by atoms with van der Waals surface area (Å²) in [5.41, 5.74) is 0.664. The molecule has 3 rings (SSSR count). The topological polar surface area (TPSA) is 77.6 Å². The maximum atomic E-state index is 12.8. The van der Waals surface area contributed by atoms with Crippen LogP contribution in [0.15, 0.2) is 18.3 Å². The van der Waals surface area contributed by atoms with Crippen molar-refractivity contribution in [2.45, 2.75) is 25.3 Å². The van der Waals surface area contributed by atoms with E-state index in [-0.39, 0.29) is 17.9 Å². The van der Waals surface area contributed by atoms with Gasteiger partial charge in [0.2, 0.25) is 5.91 Å². The molecule has 2 N–H and O–H groups in total. The Labute approximate surface area is 148 Å². The van der Waals surface area contributed by atoms with Crippen LogP contribution in [0, 0.1) is 5.92 Å². The molecule has 0 radical (unpaired) electrons. The lowest BCUT2D eigenvalue weighted by Crippen LogP contribution is -2.57. The smallest absolute Gasteiger partial charge is 0.254 e. The minimum Gasteiger partial charge on any atom is -0.373 e. The van der Waals surface area contributed by atoms with Crippen LogP contribution < -0.4 is 10.6 Å². The maximum Gasteiger partial charge on any atom is 0.254 e. The van der Waals surface area contributed by atoms with Gasteiger partial charge >= 0.3 is 0 Å². The summed E-state index contributed by atoms with van der Waals surface area (Å²) < 4.78 is 0. The largest absolute Gasteiger partial charge is 0.373 e. The average molecular weight is 345 g/mol. The molecule has 2 aliphatic rings. The second-order valence-corrected chi connectivity index (χ2v) is 6.78. The van der Waals surface area contributed by atoms with Gasteiger partial charge in [-0.25, -0.2) is 4.98 Å². The van der Waals surface area contributed by atoms with Crippen LogP contribution in [0.1, 0.15) is 29.6 Å². The Kier molecular flexibility index (Phi) is 5.53. The van der Waals surface area contributed by atoms with Crippen LogP contribution in [0.5, 0.6) is 0 Å². The van der Waals surface area contributed by atoms with Crippen molar-refractivity contribution < 1.29 is 9.59 Å². The third-order valence-corrected chi connectivity index (χ3v) is 5.30. The van der Waals surface area contributed by atoms with E-state index in [1.165, 1.54) is 0 Å². The van der Waals surface area contributed by atoms with Gasteiger partial charge in [0.1, 0.15) is 5.82 Å². The number of aromatic nitrogens is 1. The van der Waals surface area contributed by atoms with E-state index in [4.69, 9.17) is 0 Å². The van der Waals surface area contributed by atoms with Gasteiger partial charge in [-0.3, -0.25) is 9.59 Å². The number of hydrogen-bond donors (Lipinski definition) is 2. The number of carbonyl (C=O) groups excluding carboxylic acids is 2. The van der Waals surface area contributed by atoms with Crippen molar-refractivity contribution in [1.29, 1.82) is 0 Å². The fourth-order valence-electron chi connectivity index (χ4n) is 3.94. The summed E-state index contributed by atoms with van der Waals surface area (Å²) in [6.45, 7) is 2.98. The third-order valence-electron chi connectivity index (χ3n) is 5.30. The lowest BCUT2D eigenvalue weighted by Gasteiger charge is -2.47. The van der Waals surface area contributed by atoms with Gasteiger partial charge in [0, 0.05) is 57.4 Å². The molecule has 2 aliphatic heterocycles. The van der Waals surface area contributed by atoms with Gasteiger partial charge in [-0.1, -0.05) is 0 Å². The first kappa shape index (κ1) is 17.7. The van der Waals surface area contributed by atoms with Gasteiger partial charge in [0.05, 0.1) is 0 Å². The van der Waals surface area contributed by atoms with E-state index in [1.807, 2.05) is 16.8 Å². The van der Waals surface area contributed by atoms with Crippen molar-refractivity contribution in [2.75, 3.05) is 45.6 Å². The first-order valence-electron chi connectivity index (χ1n) is 9.01. The number of piperidine rings is 2. The molecule has 2 atom stereocenters. The molecule has 2 saturated heterocycles. The number of nitrogens with one attached hydrogen (secondary N) is 2. The molecule has 3 heterocycles. The highest BCUT2D eigenvalue weighted by atomic mass is 16.2. The zero-order valence-electron chi connectivity index (χ0n) is 15.0. The predicted octanol–water partition coefficient (Wildman–Crippen LogP) is 0.796. The molecular weight excluding hydrogens is 318 g/mol. The fraction of sp³-hybridized carbons (Fsp3) is 0.611. The molecule has 2 fully saturated rings. The number of likely N-dealkylation sites (N-methyl/N-ethyl adjacent to an activating group) is 1. The summed E-state index contributed by atoms with van der Waals surface area (Å²) >= 11 is 0. The van der Waals surface area contributed by atoms with E-state index in [1.54, 1.807) is 25.4 Å². The highest BCUT2D eigenvalue weighted by Gasteiger charge is 2.40. The Balaban J connectivity index is 1.68. The number of amides is 2. The van der Waals surface area contributed by atoms with Crippen LogP contribution in [0.3, 0.4) is 0 Å². The number of pyridine rings is 1. The van der Waals surface area contributed by atoms with Crippen molar-refractivity contribution in [3.8, 4) is 0 Å². The van der Waals surface area contributed by atoms with E-state index in [0.29, 0.717) is 30.3 Å². The summed E-state index contributed by atoms with van der Waals surface area (Å²) in [4.78, 5) is 33.2. The molecule has 0 saturated carbocycles. The minimum atomic E-state index is 0.0519. The Bertz CT molecular complexity index is 636. The first-order chi connectivity index (χ1) is 12.1. The van der Waals surface area contributed by atoms with Gasteiger partial charge in [-0.05, 0) is 37.9 Å². The van der Waals surface area contributed by atoms with Crippen LogP contribution in [0.2, 0.25) is 0 Å². The number of fused-ring (bicyclic) bond motifs is 1. The molecule has 25 heavy (non-hydrogen) atoms. The summed E-state index contributed by atoms with van der Waals surface area (Å²) in [6.07, 6.45) is 3.98. The van der Waals surface area contributed by atoms with Crippen LogP contribution in [-0.4, -0.2) is 72.9 Å². The van der Waals surface area contributed by atoms with Gasteiger partial charge in [-0.2, -0.15) is 0 Å². The molecule has 2 amide bonds. The Hall–Kier alpha value is -2.15. The summed E-state index contributed by atoms with van der Waals surface area (Å²) in [7, 11) is 3.70. The highest BCUT2D eigenvalue weighted by Crippen LogP contribution is 2.31. The lowest BCUT2D eigenvalue weighted by atomic mass is 9.83. The zero-order valence-corrected chi connectivity index (χ0v) is 15.0. The monoisotopic (exact) mass is 345 g/mol. The van der Waals surface area contributed by atoms with Crippen molar-refractivity contribution in [3.05, 3.63) is 23.9 Å². The Morgan fingerprint density at radius 2 is 2.20 bits per heavy atom.